The molecular weight excluding hydrogens is 460 g/mol. The number of aromatic nitrogens is 4. The Morgan fingerprint density at radius 2 is 2.08 bits per heavy atom. The molecule has 1 spiro atoms. The fourth-order valence-electron chi connectivity index (χ4n) is 5.39. The van der Waals surface area contributed by atoms with E-state index in [9.17, 15) is 15.2 Å². The van der Waals surface area contributed by atoms with Gasteiger partial charge in [0.1, 0.15) is 17.8 Å². The van der Waals surface area contributed by atoms with Gasteiger partial charge < -0.3 is 14.4 Å². The minimum atomic E-state index is -1.08. The summed E-state index contributed by atoms with van der Waals surface area (Å²) in [5.74, 6) is 0. The van der Waals surface area contributed by atoms with Crippen LogP contribution in [-0.4, -0.2) is 47.9 Å². The van der Waals surface area contributed by atoms with Crippen LogP contribution in [0, 0.1) is 16.7 Å². The molecule has 2 fully saturated rings. The van der Waals surface area contributed by atoms with Gasteiger partial charge in [-0.3, -0.25) is 14.8 Å². The molecule has 10 nitrogen and oxygen atoms in total. The second kappa shape index (κ2) is 8.84. The summed E-state index contributed by atoms with van der Waals surface area (Å²) in [6.45, 7) is 6.63. The molecule has 1 saturated heterocycles. The summed E-state index contributed by atoms with van der Waals surface area (Å²) in [6.07, 6.45) is 7.77. The van der Waals surface area contributed by atoms with Crippen LogP contribution in [0.3, 0.4) is 0 Å². The van der Waals surface area contributed by atoms with Crippen molar-refractivity contribution in [1.29, 1.82) is 5.26 Å². The second-order valence-electron chi connectivity index (χ2n) is 10.8. The summed E-state index contributed by atoms with van der Waals surface area (Å²) in [4.78, 5) is 31.5. The number of amides is 1. The summed E-state index contributed by atoms with van der Waals surface area (Å²) >= 11 is 0. The highest BCUT2D eigenvalue weighted by molar-refractivity contribution is 5.77. The van der Waals surface area contributed by atoms with Crippen LogP contribution in [0.25, 0.3) is 11.0 Å². The Hall–Kier alpha value is -3.55. The zero-order chi connectivity index (χ0) is 25.6. The smallest absolute Gasteiger partial charge is 0.434 e. The predicted octanol–water partition coefficient (Wildman–Crippen LogP) is 3.83. The average molecular weight is 491 g/mol. The first-order valence-electron chi connectivity index (χ1n) is 12.1. The van der Waals surface area contributed by atoms with Gasteiger partial charge in [-0.15, -0.1) is 0 Å². The van der Waals surface area contributed by atoms with E-state index in [2.05, 4.69) is 32.5 Å². The summed E-state index contributed by atoms with van der Waals surface area (Å²) in [5, 5.41) is 20.6. The second-order valence-corrected chi connectivity index (χ2v) is 10.8. The van der Waals surface area contributed by atoms with Gasteiger partial charge in [-0.1, -0.05) is 6.92 Å². The van der Waals surface area contributed by atoms with Crippen LogP contribution < -0.4 is 0 Å². The van der Waals surface area contributed by atoms with Crippen molar-refractivity contribution >= 4 is 17.1 Å². The lowest BCUT2D eigenvalue weighted by Gasteiger charge is -2.43. The van der Waals surface area contributed by atoms with E-state index in [-0.39, 0.29) is 12.0 Å². The fourth-order valence-corrected chi connectivity index (χ4v) is 5.39. The van der Waals surface area contributed by atoms with Gasteiger partial charge in [0, 0.05) is 6.54 Å². The standard InChI is InChI=1S/C26H30N6O4/c1-24(2,34)22-12-28-19(11-29-22)13-35-32-16-26(36-23(32)33)8-4-7-25(3,14-26)15-31-17-30-20-6-5-18(10-27)9-21(20)31/h5-6,9,11-12,17,34H,4,7-8,13-16H2,1-3H3. The van der Waals surface area contributed by atoms with Crippen molar-refractivity contribution in [3.05, 3.63) is 53.9 Å². The van der Waals surface area contributed by atoms with Crippen molar-refractivity contribution in [3.8, 4) is 6.07 Å². The lowest BCUT2D eigenvalue weighted by Crippen LogP contribution is -2.44. The van der Waals surface area contributed by atoms with Gasteiger partial charge in [0.15, 0.2) is 0 Å². The number of hydrogen-bond acceptors (Lipinski definition) is 8. The third kappa shape index (κ3) is 4.76. The van der Waals surface area contributed by atoms with Gasteiger partial charge in [0.25, 0.3) is 0 Å². The zero-order valence-electron chi connectivity index (χ0n) is 20.8. The number of benzene rings is 1. The van der Waals surface area contributed by atoms with Crippen molar-refractivity contribution in [3.63, 3.8) is 0 Å². The Morgan fingerprint density at radius 1 is 1.25 bits per heavy atom. The predicted molar refractivity (Wildman–Crippen MR) is 129 cm³/mol. The van der Waals surface area contributed by atoms with Crippen LogP contribution in [0.4, 0.5) is 4.79 Å². The Kier molecular flexibility index (Phi) is 5.93. The van der Waals surface area contributed by atoms with Crippen LogP contribution in [-0.2, 0) is 28.3 Å². The summed E-state index contributed by atoms with van der Waals surface area (Å²) in [5.41, 5.74) is 1.58. The number of fused-ring (bicyclic) bond motifs is 1. The minimum Gasteiger partial charge on any atom is -0.439 e. The monoisotopic (exact) mass is 490 g/mol. The number of carbonyl (C=O) groups excluding carboxylic acids is 1. The van der Waals surface area contributed by atoms with Gasteiger partial charge >= 0.3 is 6.09 Å². The molecule has 0 bridgehead atoms. The molecule has 1 aromatic carbocycles. The highest BCUT2D eigenvalue weighted by atomic mass is 16.7. The van der Waals surface area contributed by atoms with Crippen molar-refractivity contribution < 1.29 is 19.5 Å². The highest BCUT2D eigenvalue weighted by Gasteiger charge is 2.52. The molecule has 2 aromatic heterocycles. The molecule has 1 amide bonds. The van der Waals surface area contributed by atoms with Gasteiger partial charge in [0.2, 0.25) is 0 Å². The number of carbonyl (C=O) groups is 1. The Labute approximate surface area is 209 Å². The van der Waals surface area contributed by atoms with E-state index in [4.69, 9.17) is 9.57 Å². The van der Waals surface area contributed by atoms with E-state index in [0.717, 1.165) is 30.3 Å². The SMILES string of the molecule is CC1(Cn2cnc3ccc(C#N)cc32)CCCC2(CN(OCc3cnc(C(C)(C)O)cn3)C(=O)O2)C1. The van der Waals surface area contributed by atoms with Crippen molar-refractivity contribution in [2.75, 3.05) is 6.54 Å². The van der Waals surface area contributed by atoms with Crippen LogP contribution in [0.2, 0.25) is 0 Å². The van der Waals surface area contributed by atoms with Gasteiger partial charge in [-0.2, -0.15) is 10.3 Å². The van der Waals surface area contributed by atoms with Crippen molar-refractivity contribution in [2.45, 2.75) is 70.8 Å². The number of aliphatic hydroxyl groups is 1. The molecule has 188 valence electrons. The lowest BCUT2D eigenvalue weighted by molar-refractivity contribution is -0.125. The van der Waals surface area contributed by atoms with Crippen LogP contribution in [0.5, 0.6) is 0 Å². The largest absolute Gasteiger partial charge is 0.439 e. The fraction of sp³-hybridized carbons (Fsp3) is 0.500. The van der Waals surface area contributed by atoms with E-state index in [0.29, 0.717) is 36.5 Å². The maximum Gasteiger partial charge on any atom is 0.434 e. The molecule has 0 radical (unpaired) electrons. The molecule has 1 N–H and O–H groups in total. The number of hydrogen-bond donors (Lipinski definition) is 1. The van der Waals surface area contributed by atoms with Gasteiger partial charge in [-0.05, 0) is 63.1 Å². The molecule has 2 atom stereocenters. The first kappa shape index (κ1) is 24.2. The number of hydroxylamine groups is 2. The molecule has 10 heteroatoms. The minimum absolute atomic E-state index is 0.0733. The molecule has 3 heterocycles. The molecule has 1 saturated carbocycles. The molecule has 2 aliphatic rings. The summed E-state index contributed by atoms with van der Waals surface area (Å²) in [7, 11) is 0. The zero-order valence-corrected chi connectivity index (χ0v) is 20.8. The topological polar surface area (TPSA) is 126 Å². The van der Waals surface area contributed by atoms with Crippen molar-refractivity contribution in [2.24, 2.45) is 5.41 Å². The number of imidazole rings is 1. The molecule has 5 rings (SSSR count). The van der Waals surface area contributed by atoms with E-state index < -0.39 is 17.3 Å². The number of ether oxygens (including phenoxy) is 1. The Balaban J connectivity index is 1.26. The van der Waals surface area contributed by atoms with Crippen LogP contribution in [0.15, 0.2) is 36.9 Å². The number of rotatable bonds is 6. The Morgan fingerprint density at radius 3 is 2.81 bits per heavy atom. The maximum atomic E-state index is 12.7. The van der Waals surface area contributed by atoms with Crippen LogP contribution >= 0.6 is 0 Å². The molecule has 3 aromatic rings. The van der Waals surface area contributed by atoms with E-state index in [1.807, 2.05) is 18.5 Å². The molecule has 2 unspecified atom stereocenters. The van der Waals surface area contributed by atoms with Crippen molar-refractivity contribution in [1.82, 2.24) is 24.6 Å². The van der Waals surface area contributed by atoms with E-state index >= 15 is 0 Å². The summed E-state index contributed by atoms with van der Waals surface area (Å²) in [6, 6.07) is 7.70. The number of nitriles is 1. The normalized spacial score (nSPS) is 24.3. The first-order valence-corrected chi connectivity index (χ1v) is 12.1. The molecular formula is C26H30N6O4. The van der Waals surface area contributed by atoms with E-state index in [1.54, 1.807) is 19.9 Å². The number of nitrogens with zero attached hydrogens (tertiary/aromatic N) is 6. The lowest BCUT2D eigenvalue weighted by atomic mass is 9.68. The average Bonchev–Trinajstić information content (AvgIpc) is 3.36. The third-order valence-corrected chi connectivity index (χ3v) is 7.10. The Bertz CT molecular complexity index is 1320. The maximum absolute atomic E-state index is 12.7. The summed E-state index contributed by atoms with van der Waals surface area (Å²) < 4.78 is 8.01. The highest BCUT2D eigenvalue weighted by Crippen LogP contribution is 2.47. The van der Waals surface area contributed by atoms with E-state index in [1.165, 1.54) is 17.5 Å². The quantitative estimate of drug-likeness (QED) is 0.552. The van der Waals surface area contributed by atoms with Gasteiger partial charge in [0.05, 0.1) is 59.3 Å². The molecule has 1 aliphatic carbocycles. The molecule has 1 aliphatic heterocycles. The molecule has 36 heavy (non-hydrogen) atoms. The van der Waals surface area contributed by atoms with Gasteiger partial charge in [-0.25, -0.2) is 9.78 Å². The van der Waals surface area contributed by atoms with Crippen LogP contribution in [0.1, 0.15) is 63.4 Å². The first-order chi connectivity index (χ1) is 17.1. The third-order valence-electron chi connectivity index (χ3n) is 7.10.